The molecule has 1 N–H and O–H groups in total. The molecule has 100 valence electrons. The van der Waals surface area contributed by atoms with Crippen LogP contribution in [0.1, 0.15) is 16.1 Å². The quantitative estimate of drug-likeness (QED) is 0.761. The number of benzene rings is 1. The Morgan fingerprint density at radius 2 is 2.20 bits per heavy atom. The number of nitrogens with zero attached hydrogens (tertiary/aromatic N) is 2. The number of rotatable bonds is 2. The van der Waals surface area contributed by atoms with E-state index in [1.54, 1.807) is 18.3 Å². The summed E-state index contributed by atoms with van der Waals surface area (Å²) in [7, 11) is 0. The fourth-order valence-corrected chi connectivity index (χ4v) is 3.19. The molecule has 0 spiro atoms. The van der Waals surface area contributed by atoms with Gasteiger partial charge in [0.15, 0.2) is 5.13 Å². The van der Waals surface area contributed by atoms with Gasteiger partial charge in [0, 0.05) is 10.7 Å². The molecule has 4 nitrogen and oxygen atoms in total. The molecular formula is C14H10BrN3OS. The normalized spacial score (nSPS) is 10.7. The molecule has 2 heterocycles. The number of carbonyl (C=O) groups is 1. The van der Waals surface area contributed by atoms with Crippen LogP contribution in [0, 0.1) is 6.92 Å². The largest absolute Gasteiger partial charge is 0.296 e. The lowest BCUT2D eigenvalue weighted by atomic mass is 10.2. The van der Waals surface area contributed by atoms with Crippen molar-refractivity contribution in [2.75, 3.05) is 5.32 Å². The second-order valence-electron chi connectivity index (χ2n) is 4.28. The molecule has 3 aromatic rings. The van der Waals surface area contributed by atoms with E-state index in [4.69, 9.17) is 0 Å². The highest BCUT2D eigenvalue weighted by atomic mass is 79.9. The van der Waals surface area contributed by atoms with E-state index in [1.165, 1.54) is 16.9 Å². The second-order valence-corrected chi connectivity index (χ2v) is 6.16. The van der Waals surface area contributed by atoms with Gasteiger partial charge in [-0.1, -0.05) is 17.4 Å². The third-order valence-electron chi connectivity index (χ3n) is 2.74. The zero-order chi connectivity index (χ0) is 14.1. The number of halogens is 1. The average Bonchev–Trinajstić information content (AvgIpc) is 2.80. The molecule has 6 heteroatoms. The van der Waals surface area contributed by atoms with Crippen molar-refractivity contribution in [1.29, 1.82) is 0 Å². The molecule has 20 heavy (non-hydrogen) atoms. The van der Waals surface area contributed by atoms with Crippen LogP contribution in [-0.2, 0) is 0 Å². The summed E-state index contributed by atoms with van der Waals surface area (Å²) < 4.78 is 1.72. The van der Waals surface area contributed by atoms with Gasteiger partial charge in [-0.3, -0.25) is 10.1 Å². The third kappa shape index (κ3) is 2.57. The number of thiazole rings is 1. The minimum absolute atomic E-state index is 0.270. The van der Waals surface area contributed by atoms with E-state index in [1.807, 2.05) is 19.1 Å². The Kier molecular flexibility index (Phi) is 3.50. The number of carbonyl (C=O) groups excluding carboxylic acids is 1. The standard InChI is InChI=1S/C14H10BrN3OS/c1-8-4-5-10-11(7-8)20-14(17-10)18-13(19)12-9(15)3-2-6-16-12/h2-7H,1H3,(H,17,18,19). The monoisotopic (exact) mass is 347 g/mol. The molecule has 1 amide bonds. The number of anilines is 1. The highest BCUT2D eigenvalue weighted by molar-refractivity contribution is 9.10. The van der Waals surface area contributed by atoms with E-state index in [0.29, 0.717) is 15.3 Å². The minimum atomic E-state index is -0.270. The highest BCUT2D eigenvalue weighted by Crippen LogP contribution is 2.27. The number of amides is 1. The SMILES string of the molecule is Cc1ccc2nc(NC(=O)c3ncccc3Br)sc2c1. The molecule has 0 bridgehead atoms. The summed E-state index contributed by atoms with van der Waals surface area (Å²) in [6, 6.07) is 9.56. The first-order valence-corrected chi connectivity index (χ1v) is 7.53. The Labute approximate surface area is 128 Å². The van der Waals surface area contributed by atoms with E-state index in [-0.39, 0.29) is 5.91 Å². The smallest absolute Gasteiger partial charge is 0.277 e. The zero-order valence-corrected chi connectivity index (χ0v) is 13.0. The lowest BCUT2D eigenvalue weighted by molar-refractivity contribution is 0.102. The Morgan fingerprint density at radius 1 is 1.35 bits per heavy atom. The lowest BCUT2D eigenvalue weighted by Gasteiger charge is -2.02. The average molecular weight is 348 g/mol. The van der Waals surface area contributed by atoms with Gasteiger partial charge >= 0.3 is 0 Å². The van der Waals surface area contributed by atoms with E-state index < -0.39 is 0 Å². The first-order chi connectivity index (χ1) is 9.63. The van der Waals surface area contributed by atoms with E-state index in [0.717, 1.165) is 10.2 Å². The number of nitrogens with one attached hydrogen (secondary N) is 1. The van der Waals surface area contributed by atoms with Crippen molar-refractivity contribution in [2.24, 2.45) is 0 Å². The summed E-state index contributed by atoms with van der Waals surface area (Å²) >= 11 is 4.77. The predicted molar refractivity (Wildman–Crippen MR) is 84.2 cm³/mol. The van der Waals surface area contributed by atoms with Crippen molar-refractivity contribution < 1.29 is 4.79 Å². The van der Waals surface area contributed by atoms with Gasteiger partial charge in [0.2, 0.25) is 0 Å². The first kappa shape index (κ1) is 13.2. The third-order valence-corrected chi connectivity index (χ3v) is 4.31. The van der Waals surface area contributed by atoms with Crippen LogP contribution in [0.2, 0.25) is 0 Å². The van der Waals surface area contributed by atoms with Crippen LogP contribution in [0.15, 0.2) is 41.0 Å². The molecule has 0 aliphatic carbocycles. The summed E-state index contributed by atoms with van der Waals surface area (Å²) in [5.41, 5.74) is 2.41. The molecule has 3 rings (SSSR count). The first-order valence-electron chi connectivity index (χ1n) is 5.92. The molecule has 0 radical (unpaired) electrons. The van der Waals surface area contributed by atoms with Crippen LogP contribution in [0.5, 0.6) is 0 Å². The van der Waals surface area contributed by atoms with E-state index in [2.05, 4.69) is 37.3 Å². The topological polar surface area (TPSA) is 54.9 Å². The van der Waals surface area contributed by atoms with Crippen molar-refractivity contribution in [1.82, 2.24) is 9.97 Å². The zero-order valence-electron chi connectivity index (χ0n) is 10.6. The maximum atomic E-state index is 12.1. The van der Waals surface area contributed by atoms with Gasteiger partial charge in [0.25, 0.3) is 5.91 Å². The number of aryl methyl sites for hydroxylation is 1. The number of aromatic nitrogens is 2. The van der Waals surface area contributed by atoms with Gasteiger partial charge in [0.05, 0.1) is 10.2 Å². The maximum Gasteiger partial charge on any atom is 0.277 e. The molecule has 0 saturated carbocycles. The van der Waals surface area contributed by atoms with Crippen LogP contribution in [0.25, 0.3) is 10.2 Å². The molecule has 0 unspecified atom stereocenters. The highest BCUT2D eigenvalue weighted by Gasteiger charge is 2.13. The van der Waals surface area contributed by atoms with Gasteiger partial charge in [-0.15, -0.1) is 0 Å². The lowest BCUT2D eigenvalue weighted by Crippen LogP contribution is -2.13. The van der Waals surface area contributed by atoms with Gasteiger partial charge in [-0.05, 0) is 52.7 Å². The molecular weight excluding hydrogens is 338 g/mol. The van der Waals surface area contributed by atoms with Crippen LogP contribution >= 0.6 is 27.3 Å². The molecule has 1 aromatic carbocycles. The van der Waals surface area contributed by atoms with Crippen LogP contribution in [0.4, 0.5) is 5.13 Å². The minimum Gasteiger partial charge on any atom is -0.296 e. The number of hydrogen-bond donors (Lipinski definition) is 1. The summed E-state index contributed by atoms with van der Waals surface area (Å²) in [5, 5.41) is 3.36. The molecule has 0 saturated heterocycles. The van der Waals surface area contributed by atoms with Crippen molar-refractivity contribution >= 4 is 48.5 Å². The number of hydrogen-bond acceptors (Lipinski definition) is 4. The molecule has 0 aliphatic rings. The predicted octanol–water partition coefficient (Wildman–Crippen LogP) is 4.01. The van der Waals surface area contributed by atoms with Gasteiger partial charge in [-0.2, -0.15) is 0 Å². The fourth-order valence-electron chi connectivity index (χ4n) is 1.79. The van der Waals surface area contributed by atoms with Gasteiger partial charge in [-0.25, -0.2) is 9.97 Å². The Bertz CT molecular complexity index is 800. The van der Waals surface area contributed by atoms with Crippen LogP contribution < -0.4 is 5.32 Å². The van der Waals surface area contributed by atoms with Crippen LogP contribution in [-0.4, -0.2) is 15.9 Å². The number of fused-ring (bicyclic) bond motifs is 1. The summed E-state index contributed by atoms with van der Waals surface area (Å²) in [6.45, 7) is 2.03. The van der Waals surface area contributed by atoms with E-state index >= 15 is 0 Å². The Balaban J connectivity index is 1.89. The fraction of sp³-hybridized carbons (Fsp3) is 0.0714. The molecule has 2 aromatic heterocycles. The van der Waals surface area contributed by atoms with Gasteiger partial charge < -0.3 is 0 Å². The van der Waals surface area contributed by atoms with E-state index in [9.17, 15) is 4.79 Å². The molecule has 0 atom stereocenters. The summed E-state index contributed by atoms with van der Waals surface area (Å²) in [4.78, 5) is 20.6. The number of pyridine rings is 1. The molecule has 0 fully saturated rings. The van der Waals surface area contributed by atoms with Crippen molar-refractivity contribution in [3.63, 3.8) is 0 Å². The van der Waals surface area contributed by atoms with Crippen molar-refractivity contribution in [3.8, 4) is 0 Å². The summed E-state index contributed by atoms with van der Waals surface area (Å²) in [5.74, 6) is -0.270. The van der Waals surface area contributed by atoms with Crippen LogP contribution in [0.3, 0.4) is 0 Å². The van der Waals surface area contributed by atoms with Crippen molar-refractivity contribution in [2.45, 2.75) is 6.92 Å². The van der Waals surface area contributed by atoms with Gasteiger partial charge in [0.1, 0.15) is 5.69 Å². The summed E-state index contributed by atoms with van der Waals surface area (Å²) in [6.07, 6.45) is 1.58. The second kappa shape index (κ2) is 5.30. The van der Waals surface area contributed by atoms with Crippen molar-refractivity contribution in [3.05, 3.63) is 52.3 Å². The maximum absolute atomic E-state index is 12.1. The Morgan fingerprint density at radius 3 is 3.00 bits per heavy atom. The Hall–Kier alpha value is -1.79. The molecule has 0 aliphatic heterocycles.